The molecule has 2 aromatic carbocycles. The van der Waals surface area contributed by atoms with E-state index in [0.717, 1.165) is 5.01 Å². The van der Waals surface area contributed by atoms with Gasteiger partial charge in [-0.3, -0.25) is 10.2 Å². The first-order valence-electron chi connectivity index (χ1n) is 7.42. The van der Waals surface area contributed by atoms with E-state index in [-0.39, 0.29) is 17.5 Å². The SMILES string of the molecule is CC1(C)CN([C@@H](c2ccc3cccc(F)c3c2)C(F)(F)F)NC1=O. The first-order chi connectivity index (χ1) is 11.1. The minimum absolute atomic E-state index is 0.0919. The number of rotatable bonds is 2. The van der Waals surface area contributed by atoms with Gasteiger partial charge in [0, 0.05) is 11.9 Å². The highest BCUT2D eigenvalue weighted by molar-refractivity contribution is 5.84. The van der Waals surface area contributed by atoms with Gasteiger partial charge in [-0.15, -0.1) is 0 Å². The van der Waals surface area contributed by atoms with Crippen LogP contribution in [0.25, 0.3) is 10.8 Å². The zero-order valence-electron chi connectivity index (χ0n) is 13.1. The average Bonchev–Trinajstić information content (AvgIpc) is 2.71. The minimum Gasteiger partial charge on any atom is -0.287 e. The summed E-state index contributed by atoms with van der Waals surface area (Å²) in [5.41, 5.74) is 1.25. The molecule has 3 rings (SSSR count). The molecule has 2 aromatic rings. The van der Waals surface area contributed by atoms with Crippen LogP contribution in [0.4, 0.5) is 17.6 Å². The molecule has 7 heteroatoms. The Balaban J connectivity index is 2.08. The van der Waals surface area contributed by atoms with E-state index in [1.54, 1.807) is 19.9 Å². The van der Waals surface area contributed by atoms with E-state index in [4.69, 9.17) is 0 Å². The molecule has 1 N–H and O–H groups in total. The molecule has 0 unspecified atom stereocenters. The van der Waals surface area contributed by atoms with E-state index in [1.165, 1.54) is 30.3 Å². The lowest BCUT2D eigenvalue weighted by Gasteiger charge is -2.30. The second kappa shape index (κ2) is 5.44. The van der Waals surface area contributed by atoms with Crippen molar-refractivity contribution in [1.82, 2.24) is 10.4 Å². The predicted octanol–water partition coefficient (Wildman–Crippen LogP) is 3.96. The number of hydrogen-bond donors (Lipinski definition) is 1. The number of benzene rings is 2. The number of carbonyl (C=O) groups excluding carboxylic acids is 1. The number of hydrazine groups is 1. The van der Waals surface area contributed by atoms with E-state index < -0.39 is 29.4 Å². The molecule has 3 nitrogen and oxygen atoms in total. The summed E-state index contributed by atoms with van der Waals surface area (Å²) in [4.78, 5) is 11.9. The second-order valence-electron chi connectivity index (χ2n) is 6.62. The Kier molecular flexibility index (Phi) is 3.79. The van der Waals surface area contributed by atoms with Gasteiger partial charge in [-0.25, -0.2) is 9.40 Å². The summed E-state index contributed by atoms with van der Waals surface area (Å²) in [6.07, 6.45) is -4.62. The van der Waals surface area contributed by atoms with Crippen molar-refractivity contribution in [3.63, 3.8) is 0 Å². The van der Waals surface area contributed by atoms with Crippen LogP contribution in [0, 0.1) is 11.2 Å². The largest absolute Gasteiger partial charge is 0.409 e. The molecule has 1 atom stereocenters. The van der Waals surface area contributed by atoms with Crippen LogP contribution in [0.3, 0.4) is 0 Å². The van der Waals surface area contributed by atoms with E-state index in [1.807, 2.05) is 0 Å². The third-order valence-corrected chi connectivity index (χ3v) is 4.22. The zero-order valence-corrected chi connectivity index (χ0v) is 13.1. The first kappa shape index (κ1) is 16.7. The number of fused-ring (bicyclic) bond motifs is 1. The molecule has 1 aliphatic heterocycles. The van der Waals surface area contributed by atoms with Gasteiger partial charge >= 0.3 is 6.18 Å². The summed E-state index contributed by atoms with van der Waals surface area (Å²) in [6.45, 7) is 3.07. The lowest BCUT2D eigenvalue weighted by Crippen LogP contribution is -2.43. The molecule has 0 aliphatic carbocycles. The van der Waals surface area contributed by atoms with Crippen molar-refractivity contribution in [3.05, 3.63) is 47.8 Å². The molecular formula is C17H16F4N2O. The standard InChI is InChI=1S/C17H16F4N2O/c1-16(2)9-23(22-15(16)24)14(17(19,20)21)11-7-6-10-4-3-5-13(18)12(10)8-11/h3-8,14H,9H2,1-2H3,(H,22,24)/t14-/m0/s1. The maximum absolute atomic E-state index is 13.9. The summed E-state index contributed by atoms with van der Waals surface area (Å²) in [6, 6.07) is 6.27. The molecule has 1 fully saturated rings. The van der Waals surface area contributed by atoms with Crippen LogP contribution in [0.2, 0.25) is 0 Å². The Bertz CT molecular complexity index is 801. The highest BCUT2D eigenvalue weighted by Crippen LogP contribution is 2.41. The minimum atomic E-state index is -4.62. The summed E-state index contributed by atoms with van der Waals surface area (Å²) in [5.74, 6) is -1.05. The van der Waals surface area contributed by atoms with Crippen LogP contribution in [0.1, 0.15) is 25.5 Å². The maximum Gasteiger partial charge on any atom is 0.409 e. The van der Waals surface area contributed by atoms with Crippen molar-refractivity contribution in [2.45, 2.75) is 26.1 Å². The number of amides is 1. The van der Waals surface area contributed by atoms with Gasteiger partial charge in [0.25, 0.3) is 0 Å². The van der Waals surface area contributed by atoms with Gasteiger partial charge in [-0.05, 0) is 36.9 Å². The number of nitrogens with one attached hydrogen (secondary N) is 1. The van der Waals surface area contributed by atoms with Crippen LogP contribution in [-0.4, -0.2) is 23.6 Å². The summed E-state index contributed by atoms with van der Waals surface area (Å²) in [5, 5.41) is 1.52. The van der Waals surface area contributed by atoms with Gasteiger partial charge < -0.3 is 0 Å². The molecule has 128 valence electrons. The normalized spacial score (nSPS) is 19.5. The highest BCUT2D eigenvalue weighted by Gasteiger charge is 2.51. The Labute approximate surface area is 136 Å². The number of nitrogens with zero attached hydrogens (tertiary/aromatic N) is 1. The van der Waals surface area contributed by atoms with Gasteiger partial charge in [0.05, 0.1) is 5.41 Å². The van der Waals surface area contributed by atoms with E-state index in [9.17, 15) is 22.4 Å². The third kappa shape index (κ3) is 2.84. The molecular weight excluding hydrogens is 324 g/mol. The number of alkyl halides is 3. The lowest BCUT2D eigenvalue weighted by molar-refractivity contribution is -0.191. The summed E-state index contributed by atoms with van der Waals surface area (Å²) in [7, 11) is 0. The highest BCUT2D eigenvalue weighted by atomic mass is 19.4. The Morgan fingerprint density at radius 2 is 1.92 bits per heavy atom. The van der Waals surface area contributed by atoms with Crippen LogP contribution < -0.4 is 5.43 Å². The maximum atomic E-state index is 13.9. The van der Waals surface area contributed by atoms with Gasteiger partial charge in [0.2, 0.25) is 5.91 Å². The molecule has 0 spiro atoms. The van der Waals surface area contributed by atoms with Crippen molar-refractivity contribution in [2.75, 3.05) is 6.54 Å². The molecule has 0 saturated carbocycles. The van der Waals surface area contributed by atoms with Gasteiger partial charge in [0.15, 0.2) is 0 Å². The number of halogens is 4. The van der Waals surface area contributed by atoms with E-state index in [0.29, 0.717) is 5.39 Å². The smallest absolute Gasteiger partial charge is 0.287 e. The summed E-state index contributed by atoms with van der Waals surface area (Å²) >= 11 is 0. The fraction of sp³-hybridized carbons (Fsp3) is 0.353. The second-order valence-corrected chi connectivity index (χ2v) is 6.62. The Hall–Kier alpha value is -2.15. The topological polar surface area (TPSA) is 32.3 Å². The molecule has 0 aromatic heterocycles. The number of carbonyl (C=O) groups is 1. The van der Waals surface area contributed by atoms with Crippen LogP contribution in [0.15, 0.2) is 36.4 Å². The average molecular weight is 340 g/mol. The molecule has 1 saturated heterocycles. The quantitative estimate of drug-likeness (QED) is 0.840. The zero-order chi connectivity index (χ0) is 17.7. The van der Waals surface area contributed by atoms with Crippen LogP contribution >= 0.6 is 0 Å². The van der Waals surface area contributed by atoms with Gasteiger partial charge in [-0.2, -0.15) is 13.2 Å². The fourth-order valence-electron chi connectivity index (χ4n) is 2.94. The molecule has 1 aliphatic rings. The van der Waals surface area contributed by atoms with Crippen molar-refractivity contribution < 1.29 is 22.4 Å². The van der Waals surface area contributed by atoms with Crippen molar-refractivity contribution in [3.8, 4) is 0 Å². The first-order valence-corrected chi connectivity index (χ1v) is 7.42. The Morgan fingerprint density at radius 3 is 2.50 bits per heavy atom. The van der Waals surface area contributed by atoms with Crippen LogP contribution in [0.5, 0.6) is 0 Å². The molecule has 0 bridgehead atoms. The molecule has 0 radical (unpaired) electrons. The predicted molar refractivity (Wildman–Crippen MR) is 81.3 cm³/mol. The molecule has 1 amide bonds. The van der Waals surface area contributed by atoms with Gasteiger partial charge in [-0.1, -0.05) is 24.3 Å². The van der Waals surface area contributed by atoms with Crippen molar-refractivity contribution in [1.29, 1.82) is 0 Å². The molecule has 1 heterocycles. The van der Waals surface area contributed by atoms with Gasteiger partial charge in [0.1, 0.15) is 11.9 Å². The lowest BCUT2D eigenvalue weighted by atomic mass is 9.93. The van der Waals surface area contributed by atoms with E-state index >= 15 is 0 Å². The molecule has 24 heavy (non-hydrogen) atoms. The van der Waals surface area contributed by atoms with Crippen molar-refractivity contribution in [2.24, 2.45) is 5.41 Å². The van der Waals surface area contributed by atoms with E-state index in [2.05, 4.69) is 5.43 Å². The summed E-state index contributed by atoms with van der Waals surface area (Å²) < 4.78 is 54.9. The fourth-order valence-corrected chi connectivity index (χ4v) is 2.94. The Morgan fingerprint density at radius 1 is 1.21 bits per heavy atom. The third-order valence-electron chi connectivity index (χ3n) is 4.22. The number of hydrogen-bond acceptors (Lipinski definition) is 2. The van der Waals surface area contributed by atoms with Crippen molar-refractivity contribution >= 4 is 16.7 Å². The monoisotopic (exact) mass is 340 g/mol. The van der Waals surface area contributed by atoms with Crippen LogP contribution in [-0.2, 0) is 4.79 Å².